The number of fused-ring (bicyclic) bond motifs is 1. The molecular weight excluding hydrogens is 350 g/mol. The molecular formula is C19H19N3O5. The van der Waals surface area contributed by atoms with Gasteiger partial charge in [0.15, 0.2) is 18.2 Å². The van der Waals surface area contributed by atoms with Crippen LogP contribution in [0.15, 0.2) is 53.3 Å². The maximum absolute atomic E-state index is 12.3. The summed E-state index contributed by atoms with van der Waals surface area (Å²) in [5, 5.41) is 8.12. The summed E-state index contributed by atoms with van der Waals surface area (Å²) >= 11 is 0. The Kier molecular flexibility index (Phi) is 5.98. The first-order chi connectivity index (χ1) is 13.2. The van der Waals surface area contributed by atoms with E-state index in [-0.39, 0.29) is 25.3 Å². The molecule has 8 heteroatoms. The van der Waals surface area contributed by atoms with E-state index in [0.717, 1.165) is 4.68 Å². The van der Waals surface area contributed by atoms with E-state index in [1.54, 1.807) is 36.4 Å². The quantitative estimate of drug-likeness (QED) is 0.562. The van der Waals surface area contributed by atoms with Crippen LogP contribution in [0.1, 0.15) is 13.3 Å². The Morgan fingerprint density at radius 1 is 1.04 bits per heavy atom. The third kappa shape index (κ3) is 4.60. The Balaban J connectivity index is 1.52. The van der Waals surface area contributed by atoms with Gasteiger partial charge in [-0.25, -0.2) is 0 Å². The molecule has 0 aliphatic carbocycles. The van der Waals surface area contributed by atoms with E-state index in [9.17, 15) is 9.59 Å². The standard InChI is InChI=1S/C19H19N3O5/c1-2-25-16-9-5-6-10-17(16)26-12-11-18(23)27-13-22-19(24)14-7-3-4-8-15(14)20-21-22/h3-10H,2,11-13H2,1H3. The Bertz CT molecular complexity index is 986. The van der Waals surface area contributed by atoms with Crippen LogP contribution < -0.4 is 15.0 Å². The smallest absolute Gasteiger partial charge is 0.311 e. The van der Waals surface area contributed by atoms with Crippen molar-refractivity contribution in [2.24, 2.45) is 0 Å². The lowest BCUT2D eigenvalue weighted by Crippen LogP contribution is -2.26. The van der Waals surface area contributed by atoms with E-state index < -0.39 is 5.97 Å². The highest BCUT2D eigenvalue weighted by molar-refractivity contribution is 5.76. The van der Waals surface area contributed by atoms with Gasteiger partial charge in [-0.3, -0.25) is 9.59 Å². The van der Waals surface area contributed by atoms with Gasteiger partial charge in [0.05, 0.1) is 25.0 Å². The first-order valence-corrected chi connectivity index (χ1v) is 8.52. The summed E-state index contributed by atoms with van der Waals surface area (Å²) in [5.74, 6) is 0.667. The molecule has 1 heterocycles. The lowest BCUT2D eigenvalue weighted by atomic mass is 10.2. The summed E-state index contributed by atoms with van der Waals surface area (Å²) in [6, 6.07) is 14.1. The Morgan fingerprint density at radius 3 is 2.52 bits per heavy atom. The molecule has 0 radical (unpaired) electrons. The molecule has 0 saturated carbocycles. The Morgan fingerprint density at radius 2 is 1.74 bits per heavy atom. The van der Waals surface area contributed by atoms with Crippen molar-refractivity contribution in [3.63, 3.8) is 0 Å². The molecule has 27 heavy (non-hydrogen) atoms. The van der Waals surface area contributed by atoms with E-state index in [0.29, 0.717) is 29.0 Å². The normalized spacial score (nSPS) is 10.6. The molecule has 0 saturated heterocycles. The predicted molar refractivity (Wildman–Crippen MR) is 97.6 cm³/mol. The van der Waals surface area contributed by atoms with Crippen LogP contribution in [0.4, 0.5) is 0 Å². The highest BCUT2D eigenvalue weighted by Crippen LogP contribution is 2.26. The molecule has 0 aliphatic rings. The Hall–Kier alpha value is -3.42. The van der Waals surface area contributed by atoms with Gasteiger partial charge in [-0.1, -0.05) is 29.5 Å². The van der Waals surface area contributed by atoms with Crippen LogP contribution in [0.5, 0.6) is 11.5 Å². The molecule has 0 N–H and O–H groups in total. The predicted octanol–water partition coefficient (Wildman–Crippen LogP) is 2.16. The maximum atomic E-state index is 12.3. The molecule has 140 valence electrons. The van der Waals surface area contributed by atoms with E-state index in [1.165, 1.54) is 0 Å². The molecule has 0 aliphatic heterocycles. The fourth-order valence-corrected chi connectivity index (χ4v) is 2.40. The second-order valence-electron chi connectivity index (χ2n) is 5.53. The molecule has 0 amide bonds. The number of ether oxygens (including phenoxy) is 3. The van der Waals surface area contributed by atoms with Crippen LogP contribution in [0, 0.1) is 0 Å². The zero-order valence-corrected chi connectivity index (χ0v) is 14.8. The molecule has 0 atom stereocenters. The molecule has 3 aromatic rings. The first kappa shape index (κ1) is 18.4. The third-order valence-electron chi connectivity index (χ3n) is 3.69. The number of benzene rings is 2. The largest absolute Gasteiger partial charge is 0.490 e. The summed E-state index contributed by atoms with van der Waals surface area (Å²) in [7, 11) is 0. The van der Waals surface area contributed by atoms with Gasteiger partial charge in [0.25, 0.3) is 5.56 Å². The van der Waals surface area contributed by atoms with E-state index in [2.05, 4.69) is 10.3 Å². The van der Waals surface area contributed by atoms with Gasteiger partial charge in [0.2, 0.25) is 0 Å². The number of carbonyl (C=O) groups is 1. The molecule has 0 unspecified atom stereocenters. The second kappa shape index (κ2) is 8.79. The summed E-state index contributed by atoms with van der Waals surface area (Å²) in [5.41, 5.74) is 0.127. The molecule has 0 fully saturated rings. The molecule has 8 nitrogen and oxygen atoms in total. The molecule has 2 aromatic carbocycles. The summed E-state index contributed by atoms with van der Waals surface area (Å²) < 4.78 is 17.1. The molecule has 3 rings (SSSR count). The van der Waals surface area contributed by atoms with Crippen molar-refractivity contribution in [3.8, 4) is 11.5 Å². The van der Waals surface area contributed by atoms with Crippen molar-refractivity contribution >= 4 is 16.9 Å². The number of nitrogens with zero attached hydrogens (tertiary/aromatic N) is 3. The number of para-hydroxylation sites is 2. The molecule has 0 bridgehead atoms. The van der Waals surface area contributed by atoms with Crippen LogP contribution in [0.25, 0.3) is 10.9 Å². The minimum atomic E-state index is -0.509. The van der Waals surface area contributed by atoms with Crippen LogP contribution in [-0.4, -0.2) is 34.2 Å². The summed E-state index contributed by atoms with van der Waals surface area (Å²) in [6.45, 7) is 2.22. The van der Waals surface area contributed by atoms with E-state index in [4.69, 9.17) is 14.2 Å². The van der Waals surface area contributed by atoms with Crippen LogP contribution >= 0.6 is 0 Å². The van der Waals surface area contributed by atoms with Crippen molar-refractivity contribution in [2.75, 3.05) is 13.2 Å². The van der Waals surface area contributed by atoms with Crippen molar-refractivity contribution in [3.05, 3.63) is 58.9 Å². The van der Waals surface area contributed by atoms with Crippen molar-refractivity contribution < 1.29 is 19.0 Å². The topological polar surface area (TPSA) is 92.5 Å². The number of hydrogen-bond acceptors (Lipinski definition) is 7. The van der Waals surface area contributed by atoms with Crippen LogP contribution in [0.3, 0.4) is 0 Å². The lowest BCUT2D eigenvalue weighted by Gasteiger charge is -2.11. The van der Waals surface area contributed by atoms with Crippen LogP contribution in [0.2, 0.25) is 0 Å². The van der Waals surface area contributed by atoms with Gasteiger partial charge in [-0.2, -0.15) is 4.68 Å². The number of rotatable bonds is 8. The third-order valence-corrected chi connectivity index (χ3v) is 3.69. The monoisotopic (exact) mass is 369 g/mol. The van der Waals surface area contributed by atoms with Gasteiger partial charge >= 0.3 is 5.97 Å². The lowest BCUT2D eigenvalue weighted by molar-refractivity contribution is -0.148. The van der Waals surface area contributed by atoms with Crippen molar-refractivity contribution in [2.45, 2.75) is 20.1 Å². The zero-order chi connectivity index (χ0) is 19.1. The first-order valence-electron chi connectivity index (χ1n) is 8.52. The van der Waals surface area contributed by atoms with Gasteiger partial charge in [0, 0.05) is 0 Å². The Labute approximate surface area is 155 Å². The van der Waals surface area contributed by atoms with Crippen molar-refractivity contribution in [1.82, 2.24) is 15.0 Å². The fraction of sp³-hybridized carbons (Fsp3) is 0.263. The maximum Gasteiger partial charge on any atom is 0.311 e. The minimum absolute atomic E-state index is 0.0240. The fourth-order valence-electron chi connectivity index (χ4n) is 2.40. The number of hydrogen-bond donors (Lipinski definition) is 0. The molecule has 1 aromatic heterocycles. The zero-order valence-electron chi connectivity index (χ0n) is 14.8. The van der Waals surface area contributed by atoms with Gasteiger partial charge in [-0.15, -0.1) is 5.10 Å². The highest BCUT2D eigenvalue weighted by Gasteiger charge is 2.09. The SMILES string of the molecule is CCOc1ccccc1OCCC(=O)OCn1nnc2ccccc2c1=O. The highest BCUT2D eigenvalue weighted by atomic mass is 16.6. The average Bonchev–Trinajstić information content (AvgIpc) is 2.69. The second-order valence-corrected chi connectivity index (χ2v) is 5.53. The molecule has 0 spiro atoms. The number of carbonyl (C=O) groups excluding carboxylic acids is 1. The van der Waals surface area contributed by atoms with Gasteiger partial charge in [-0.05, 0) is 31.2 Å². The van der Waals surface area contributed by atoms with E-state index in [1.807, 2.05) is 19.1 Å². The van der Waals surface area contributed by atoms with Crippen molar-refractivity contribution in [1.29, 1.82) is 0 Å². The summed E-state index contributed by atoms with van der Waals surface area (Å²) in [4.78, 5) is 24.2. The number of esters is 1. The van der Waals surface area contributed by atoms with Crippen LogP contribution in [-0.2, 0) is 16.3 Å². The minimum Gasteiger partial charge on any atom is -0.490 e. The van der Waals surface area contributed by atoms with Gasteiger partial charge in [0.1, 0.15) is 5.52 Å². The summed E-state index contributed by atoms with van der Waals surface area (Å²) in [6.07, 6.45) is 0.0240. The number of aromatic nitrogens is 3. The average molecular weight is 369 g/mol. The van der Waals surface area contributed by atoms with E-state index >= 15 is 0 Å². The van der Waals surface area contributed by atoms with Gasteiger partial charge < -0.3 is 14.2 Å².